The van der Waals surface area contributed by atoms with Crippen molar-refractivity contribution in [2.24, 2.45) is 57.2 Å². The van der Waals surface area contributed by atoms with Crippen LogP contribution in [0.2, 0.25) is 0 Å². The molecule has 2 spiro atoms. The fourth-order valence-electron chi connectivity index (χ4n) is 10.6. The molecule has 0 bridgehead atoms. The molecule has 0 saturated heterocycles. The lowest BCUT2D eigenvalue weighted by Gasteiger charge is -2.61. The number of hydrogen-bond donors (Lipinski definition) is 1. The second-order valence-electron chi connectivity index (χ2n) is 14.0. The van der Waals surface area contributed by atoms with Crippen LogP contribution in [0, 0.1) is 57.2 Å². The Bertz CT molecular complexity index is 669. The van der Waals surface area contributed by atoms with Crippen LogP contribution in [-0.4, -0.2) is 11.2 Å². The molecule has 1 heteroatoms. The Labute approximate surface area is 187 Å². The van der Waals surface area contributed by atoms with Crippen molar-refractivity contribution in [1.29, 1.82) is 0 Å². The van der Waals surface area contributed by atoms with E-state index in [-0.39, 0.29) is 6.10 Å². The average molecular weight is 415 g/mol. The van der Waals surface area contributed by atoms with E-state index in [4.69, 9.17) is 0 Å². The normalized spacial score (nSPS) is 54.0. The zero-order chi connectivity index (χ0) is 21.5. The zero-order valence-corrected chi connectivity index (χ0v) is 21.0. The minimum absolute atomic E-state index is 0.00390. The third-order valence-corrected chi connectivity index (χ3v) is 13.1. The third kappa shape index (κ3) is 2.69. The van der Waals surface area contributed by atoms with Crippen molar-refractivity contribution in [2.75, 3.05) is 0 Å². The summed E-state index contributed by atoms with van der Waals surface area (Å²) in [6.07, 6.45) is 16.8. The van der Waals surface area contributed by atoms with E-state index in [1.807, 2.05) is 0 Å². The van der Waals surface area contributed by atoms with Gasteiger partial charge in [-0.2, -0.15) is 0 Å². The van der Waals surface area contributed by atoms with E-state index in [0.717, 1.165) is 48.3 Å². The molecule has 0 amide bonds. The largest absolute Gasteiger partial charge is 0.393 e. The molecule has 30 heavy (non-hydrogen) atoms. The maximum atomic E-state index is 10.3. The van der Waals surface area contributed by atoms with Crippen LogP contribution in [0.15, 0.2) is 0 Å². The van der Waals surface area contributed by atoms with E-state index in [0.29, 0.717) is 21.7 Å². The molecule has 5 aliphatic carbocycles. The van der Waals surface area contributed by atoms with Gasteiger partial charge in [0.05, 0.1) is 6.10 Å². The van der Waals surface area contributed by atoms with Crippen LogP contribution in [0.3, 0.4) is 0 Å². The van der Waals surface area contributed by atoms with Gasteiger partial charge < -0.3 is 5.11 Å². The zero-order valence-electron chi connectivity index (χ0n) is 21.0. The van der Waals surface area contributed by atoms with Gasteiger partial charge in [0.2, 0.25) is 0 Å². The number of hydrogen-bond acceptors (Lipinski definition) is 1. The molecule has 0 heterocycles. The molecule has 1 nitrogen and oxygen atoms in total. The quantitative estimate of drug-likeness (QED) is 0.485. The van der Waals surface area contributed by atoms with E-state index in [1.165, 1.54) is 64.2 Å². The van der Waals surface area contributed by atoms with Crippen molar-refractivity contribution in [1.82, 2.24) is 0 Å². The number of rotatable bonds is 5. The van der Waals surface area contributed by atoms with E-state index in [1.54, 1.807) is 0 Å². The molecule has 5 aliphatic rings. The molecule has 5 rings (SSSR count). The molecule has 10 atom stereocenters. The highest BCUT2D eigenvalue weighted by atomic mass is 16.3. The Hall–Kier alpha value is -0.0400. The van der Waals surface area contributed by atoms with Crippen LogP contribution in [0.25, 0.3) is 0 Å². The summed E-state index contributed by atoms with van der Waals surface area (Å²) in [5.41, 5.74) is 2.46. The maximum Gasteiger partial charge on any atom is 0.0543 e. The van der Waals surface area contributed by atoms with Gasteiger partial charge in [-0.25, -0.2) is 0 Å². The predicted molar refractivity (Wildman–Crippen MR) is 126 cm³/mol. The Balaban J connectivity index is 1.35. The highest BCUT2D eigenvalue weighted by Crippen LogP contribution is 2.87. The molecule has 0 aliphatic heterocycles. The second-order valence-corrected chi connectivity index (χ2v) is 14.0. The molecular formula is C29H50O. The summed E-state index contributed by atoms with van der Waals surface area (Å²) in [5, 5.41) is 10.3. The second kappa shape index (κ2) is 6.98. The van der Waals surface area contributed by atoms with E-state index in [9.17, 15) is 5.11 Å². The average Bonchev–Trinajstić information content (AvgIpc) is 3.28. The lowest BCUT2D eigenvalue weighted by Crippen LogP contribution is -2.55. The third-order valence-electron chi connectivity index (χ3n) is 13.1. The minimum atomic E-state index is 0.00390. The molecule has 5 fully saturated rings. The highest BCUT2D eigenvalue weighted by molar-refractivity contribution is 5.29. The standard InChI is InChI=1S/C29H50O/c1-19(2)20(3)7-8-21(4)24-12-13-27(6)25-10-9-22-17-23(30)11-14-28(22)18-29(25,28)16-15-26(24,27)5/h19-25,30H,7-18H2,1-6H3/t20-,21+,22-,23-,24+,25-,26+,27-,28+,29-/m0/s1. The Morgan fingerprint density at radius 1 is 0.800 bits per heavy atom. The lowest BCUT2D eigenvalue weighted by atomic mass is 9.43. The van der Waals surface area contributed by atoms with E-state index in [2.05, 4.69) is 41.5 Å². The van der Waals surface area contributed by atoms with E-state index < -0.39 is 0 Å². The van der Waals surface area contributed by atoms with Gasteiger partial charge in [-0.15, -0.1) is 0 Å². The fourth-order valence-corrected chi connectivity index (χ4v) is 10.6. The smallest absolute Gasteiger partial charge is 0.0543 e. The summed E-state index contributed by atoms with van der Waals surface area (Å²) in [6, 6.07) is 0. The SMILES string of the molecule is CC(C)[C@@H](C)CC[C@@H](C)[C@H]1CC[C@@]2(C)[C@@H]3CC[C@H]4C[C@@H](O)CC[C@@]45C[C@@]35CC[C@]12C. The molecule has 1 N–H and O–H groups in total. The summed E-state index contributed by atoms with van der Waals surface area (Å²) in [5.74, 6) is 5.35. The highest BCUT2D eigenvalue weighted by Gasteiger charge is 2.80. The topological polar surface area (TPSA) is 20.2 Å². The van der Waals surface area contributed by atoms with Gasteiger partial charge in [0.1, 0.15) is 0 Å². The van der Waals surface area contributed by atoms with Crippen LogP contribution in [0.5, 0.6) is 0 Å². The molecule has 0 aromatic heterocycles. The molecule has 5 saturated carbocycles. The molecule has 0 radical (unpaired) electrons. The summed E-state index contributed by atoms with van der Waals surface area (Å²) >= 11 is 0. The van der Waals surface area contributed by atoms with Crippen molar-refractivity contribution in [2.45, 2.75) is 125 Å². The van der Waals surface area contributed by atoms with Gasteiger partial charge in [-0.05, 0) is 121 Å². The monoisotopic (exact) mass is 414 g/mol. The summed E-state index contributed by atoms with van der Waals surface area (Å²) in [6.45, 7) is 15.4. The Morgan fingerprint density at radius 3 is 2.30 bits per heavy atom. The molecule has 172 valence electrons. The van der Waals surface area contributed by atoms with Gasteiger partial charge in [0, 0.05) is 0 Å². The van der Waals surface area contributed by atoms with Crippen molar-refractivity contribution in [3.63, 3.8) is 0 Å². The summed E-state index contributed by atoms with van der Waals surface area (Å²) in [4.78, 5) is 0. The van der Waals surface area contributed by atoms with E-state index >= 15 is 0 Å². The number of aliphatic hydroxyl groups excluding tert-OH is 1. The van der Waals surface area contributed by atoms with Crippen molar-refractivity contribution in [3.05, 3.63) is 0 Å². The summed E-state index contributed by atoms with van der Waals surface area (Å²) in [7, 11) is 0. The van der Waals surface area contributed by atoms with Gasteiger partial charge in [-0.1, -0.05) is 54.4 Å². The predicted octanol–water partition coefficient (Wildman–Crippen LogP) is 7.86. The van der Waals surface area contributed by atoms with Crippen LogP contribution in [-0.2, 0) is 0 Å². The van der Waals surface area contributed by atoms with Crippen molar-refractivity contribution < 1.29 is 5.11 Å². The minimum Gasteiger partial charge on any atom is -0.393 e. The molecule has 0 aromatic carbocycles. The van der Waals surface area contributed by atoms with Crippen LogP contribution < -0.4 is 0 Å². The fraction of sp³-hybridized carbons (Fsp3) is 1.00. The van der Waals surface area contributed by atoms with Crippen LogP contribution in [0.1, 0.15) is 119 Å². The van der Waals surface area contributed by atoms with Gasteiger partial charge in [0.25, 0.3) is 0 Å². The maximum absolute atomic E-state index is 10.3. The first-order valence-electron chi connectivity index (χ1n) is 13.8. The van der Waals surface area contributed by atoms with Gasteiger partial charge >= 0.3 is 0 Å². The first kappa shape index (κ1) is 21.8. The Kier molecular flexibility index (Phi) is 5.07. The summed E-state index contributed by atoms with van der Waals surface area (Å²) < 4.78 is 0. The number of fused-ring (bicyclic) bond motifs is 2. The number of aliphatic hydroxyl groups is 1. The Morgan fingerprint density at radius 2 is 1.57 bits per heavy atom. The van der Waals surface area contributed by atoms with Crippen LogP contribution >= 0.6 is 0 Å². The van der Waals surface area contributed by atoms with Crippen LogP contribution in [0.4, 0.5) is 0 Å². The van der Waals surface area contributed by atoms with Crippen molar-refractivity contribution in [3.8, 4) is 0 Å². The first-order chi connectivity index (χ1) is 14.1. The molecular weight excluding hydrogens is 364 g/mol. The van der Waals surface area contributed by atoms with Gasteiger partial charge in [0.15, 0.2) is 0 Å². The molecule has 0 aromatic rings. The lowest BCUT2D eigenvalue weighted by molar-refractivity contribution is -0.133. The van der Waals surface area contributed by atoms with Gasteiger partial charge in [-0.3, -0.25) is 0 Å². The molecule has 0 unspecified atom stereocenters. The first-order valence-corrected chi connectivity index (χ1v) is 13.8. The van der Waals surface area contributed by atoms with Crippen molar-refractivity contribution >= 4 is 0 Å².